The molecule has 0 N–H and O–H groups in total. The van der Waals surface area contributed by atoms with Gasteiger partial charge in [0, 0.05) is 14.2 Å². The van der Waals surface area contributed by atoms with Gasteiger partial charge in [-0.05, 0) is 40.8 Å². The molecule has 0 nitrogen and oxygen atoms in total. The van der Waals surface area contributed by atoms with Crippen molar-refractivity contribution in [2.45, 2.75) is 0 Å². The molecule has 16 heavy (non-hydrogen) atoms. The minimum atomic E-state index is -0.644. The van der Waals surface area contributed by atoms with Crippen LogP contribution in [0.4, 0.5) is 8.78 Å². The molecule has 2 aromatic rings. The van der Waals surface area contributed by atoms with E-state index in [9.17, 15) is 8.78 Å². The Morgan fingerprint density at radius 1 is 1.00 bits per heavy atom. The highest BCUT2D eigenvalue weighted by Gasteiger charge is 2.14. The summed E-state index contributed by atoms with van der Waals surface area (Å²) in [6.45, 7) is 0. The molecule has 0 aliphatic carbocycles. The summed E-state index contributed by atoms with van der Waals surface area (Å²) in [4.78, 5) is 0. The molecule has 0 radical (unpaired) electrons. The average Bonchev–Trinajstić information content (AvgIpc) is 2.19. The first-order valence-electron chi connectivity index (χ1n) is 4.49. The molecule has 0 aliphatic rings. The topological polar surface area (TPSA) is 0 Å². The largest absolute Gasteiger partial charge is 0.206 e. The zero-order valence-corrected chi connectivity index (χ0v) is 10.9. The highest BCUT2D eigenvalue weighted by atomic mass is 127. The molecule has 0 amide bonds. The van der Waals surface area contributed by atoms with Crippen molar-refractivity contribution < 1.29 is 8.78 Å². The van der Waals surface area contributed by atoms with Gasteiger partial charge in [-0.1, -0.05) is 29.8 Å². The molecule has 2 rings (SSSR count). The molecule has 0 fully saturated rings. The first kappa shape index (κ1) is 11.8. The number of halogens is 4. The van der Waals surface area contributed by atoms with E-state index in [2.05, 4.69) is 0 Å². The maximum atomic E-state index is 13.6. The van der Waals surface area contributed by atoms with Gasteiger partial charge in [0.25, 0.3) is 0 Å². The standard InChI is InChI=1S/C12H6ClF2I/c13-7-5-9(14)12(10(15)6-7)8-3-1-2-4-11(8)16/h1-6H. The van der Waals surface area contributed by atoms with Gasteiger partial charge in [0.15, 0.2) is 0 Å². The van der Waals surface area contributed by atoms with Gasteiger partial charge >= 0.3 is 0 Å². The van der Waals surface area contributed by atoms with Crippen LogP contribution in [0.5, 0.6) is 0 Å². The Labute approximate surface area is 110 Å². The zero-order chi connectivity index (χ0) is 11.7. The molecule has 0 aliphatic heterocycles. The van der Waals surface area contributed by atoms with Gasteiger partial charge in [-0.3, -0.25) is 0 Å². The lowest BCUT2D eigenvalue weighted by Crippen LogP contribution is -1.92. The van der Waals surface area contributed by atoms with Crippen LogP contribution in [0.25, 0.3) is 11.1 Å². The van der Waals surface area contributed by atoms with Crippen LogP contribution in [0.2, 0.25) is 5.02 Å². The number of benzene rings is 2. The number of rotatable bonds is 1. The van der Waals surface area contributed by atoms with Gasteiger partial charge in [-0.25, -0.2) is 8.78 Å². The fourth-order valence-corrected chi connectivity index (χ4v) is 2.31. The van der Waals surface area contributed by atoms with Gasteiger partial charge in [0.2, 0.25) is 0 Å². The van der Waals surface area contributed by atoms with Crippen molar-refractivity contribution >= 4 is 34.2 Å². The van der Waals surface area contributed by atoms with Gasteiger partial charge < -0.3 is 0 Å². The second-order valence-corrected chi connectivity index (χ2v) is 4.82. The summed E-state index contributed by atoms with van der Waals surface area (Å²) in [5.41, 5.74) is 0.504. The molecule has 0 aromatic heterocycles. The average molecular weight is 351 g/mol. The summed E-state index contributed by atoms with van der Waals surface area (Å²) < 4.78 is 28.1. The van der Waals surface area contributed by atoms with Crippen molar-refractivity contribution in [1.82, 2.24) is 0 Å². The quantitative estimate of drug-likeness (QED) is 0.642. The van der Waals surface area contributed by atoms with Crippen molar-refractivity contribution in [3.05, 3.63) is 56.6 Å². The van der Waals surface area contributed by atoms with Crippen LogP contribution in [0.15, 0.2) is 36.4 Å². The highest BCUT2D eigenvalue weighted by Crippen LogP contribution is 2.31. The third-order valence-corrected chi connectivity index (χ3v) is 3.31. The molecule has 0 saturated heterocycles. The van der Waals surface area contributed by atoms with E-state index in [1.165, 1.54) is 0 Å². The monoisotopic (exact) mass is 350 g/mol. The second-order valence-electron chi connectivity index (χ2n) is 3.22. The Morgan fingerprint density at radius 2 is 1.56 bits per heavy atom. The molecule has 2 aromatic carbocycles. The molecule has 0 spiro atoms. The van der Waals surface area contributed by atoms with Crippen molar-refractivity contribution in [2.24, 2.45) is 0 Å². The fourth-order valence-electron chi connectivity index (χ4n) is 1.46. The third-order valence-electron chi connectivity index (χ3n) is 2.15. The minimum absolute atomic E-state index is 0.0330. The Hall–Kier alpha value is -0.680. The molecule has 0 heterocycles. The van der Waals surface area contributed by atoms with Crippen LogP contribution in [0.1, 0.15) is 0 Å². The normalized spacial score (nSPS) is 10.5. The maximum Gasteiger partial charge on any atom is 0.135 e. The Kier molecular flexibility index (Phi) is 3.44. The first-order chi connectivity index (χ1) is 7.59. The number of hydrogen-bond donors (Lipinski definition) is 0. The van der Waals surface area contributed by atoms with E-state index in [0.717, 1.165) is 15.7 Å². The van der Waals surface area contributed by atoms with Crippen LogP contribution in [0, 0.1) is 15.2 Å². The lowest BCUT2D eigenvalue weighted by molar-refractivity contribution is 0.589. The summed E-state index contributed by atoms with van der Waals surface area (Å²) in [5.74, 6) is -1.29. The minimum Gasteiger partial charge on any atom is -0.206 e. The molecule has 4 heteroatoms. The Balaban J connectivity index is 2.70. The lowest BCUT2D eigenvalue weighted by atomic mass is 10.0. The predicted molar refractivity (Wildman–Crippen MR) is 69.5 cm³/mol. The van der Waals surface area contributed by atoms with E-state index < -0.39 is 11.6 Å². The Bertz CT molecular complexity index is 517. The van der Waals surface area contributed by atoms with E-state index >= 15 is 0 Å². The highest BCUT2D eigenvalue weighted by molar-refractivity contribution is 14.1. The third kappa shape index (κ3) is 2.20. The van der Waals surface area contributed by atoms with Crippen molar-refractivity contribution in [3.8, 4) is 11.1 Å². The predicted octanol–water partition coefficient (Wildman–Crippen LogP) is 4.89. The van der Waals surface area contributed by atoms with E-state index in [-0.39, 0.29) is 10.6 Å². The Morgan fingerprint density at radius 3 is 2.12 bits per heavy atom. The van der Waals surface area contributed by atoms with E-state index in [4.69, 9.17) is 11.6 Å². The molecule has 0 unspecified atom stereocenters. The van der Waals surface area contributed by atoms with E-state index in [0.29, 0.717) is 5.56 Å². The summed E-state index contributed by atoms with van der Waals surface area (Å²) in [6.07, 6.45) is 0. The number of hydrogen-bond acceptors (Lipinski definition) is 0. The molecule has 0 saturated carbocycles. The van der Waals surface area contributed by atoms with Crippen LogP contribution < -0.4 is 0 Å². The van der Waals surface area contributed by atoms with Crippen molar-refractivity contribution in [1.29, 1.82) is 0 Å². The van der Waals surface area contributed by atoms with Crippen molar-refractivity contribution in [2.75, 3.05) is 0 Å². The van der Waals surface area contributed by atoms with Gasteiger partial charge in [-0.15, -0.1) is 0 Å². The fraction of sp³-hybridized carbons (Fsp3) is 0. The summed E-state index contributed by atoms with van der Waals surface area (Å²) in [6, 6.07) is 9.26. The van der Waals surface area contributed by atoms with Crippen LogP contribution in [-0.2, 0) is 0 Å². The van der Waals surface area contributed by atoms with Crippen LogP contribution >= 0.6 is 34.2 Å². The molecule has 0 atom stereocenters. The smallest absolute Gasteiger partial charge is 0.135 e. The summed E-state index contributed by atoms with van der Waals surface area (Å²) >= 11 is 7.61. The van der Waals surface area contributed by atoms with Crippen LogP contribution in [-0.4, -0.2) is 0 Å². The lowest BCUT2D eigenvalue weighted by Gasteiger charge is -2.07. The summed E-state index contributed by atoms with van der Waals surface area (Å²) in [5, 5.41) is 0.0599. The summed E-state index contributed by atoms with van der Waals surface area (Å²) in [7, 11) is 0. The van der Waals surface area contributed by atoms with Gasteiger partial charge in [0.05, 0.1) is 5.56 Å². The molecule has 0 bridgehead atoms. The first-order valence-corrected chi connectivity index (χ1v) is 5.94. The van der Waals surface area contributed by atoms with E-state index in [1.807, 2.05) is 28.7 Å². The van der Waals surface area contributed by atoms with Crippen LogP contribution in [0.3, 0.4) is 0 Å². The van der Waals surface area contributed by atoms with Gasteiger partial charge in [-0.2, -0.15) is 0 Å². The molecular weight excluding hydrogens is 344 g/mol. The second kappa shape index (κ2) is 4.67. The maximum absolute atomic E-state index is 13.6. The molecule has 82 valence electrons. The SMILES string of the molecule is Fc1cc(Cl)cc(F)c1-c1ccccc1I. The zero-order valence-electron chi connectivity index (χ0n) is 7.98. The van der Waals surface area contributed by atoms with E-state index in [1.54, 1.807) is 18.2 Å². The molecular formula is C12H6ClF2I. The van der Waals surface area contributed by atoms with Gasteiger partial charge in [0.1, 0.15) is 11.6 Å². The van der Waals surface area contributed by atoms with Crippen molar-refractivity contribution in [3.63, 3.8) is 0 Å².